The first-order valence-corrected chi connectivity index (χ1v) is 9.29. The Kier molecular flexibility index (Phi) is 6.57. The molecule has 6 nitrogen and oxygen atoms in total. The van der Waals surface area contributed by atoms with Gasteiger partial charge in [-0.1, -0.05) is 37.3 Å². The zero-order valence-corrected chi connectivity index (χ0v) is 16.1. The van der Waals surface area contributed by atoms with Crippen molar-refractivity contribution in [2.75, 3.05) is 24.3 Å². The Morgan fingerprint density at radius 3 is 2.46 bits per heavy atom. The SMILES string of the molecule is CCc1ccc(NC(=O)c2ccc(NCCc3ccccc3OC)nn2)cc1. The molecule has 0 saturated carbocycles. The molecular weight excluding hydrogens is 352 g/mol. The van der Waals surface area contributed by atoms with Gasteiger partial charge in [-0.15, -0.1) is 10.2 Å². The first kappa shape index (κ1) is 19.4. The van der Waals surface area contributed by atoms with Crippen LogP contribution in [0.3, 0.4) is 0 Å². The van der Waals surface area contributed by atoms with Crippen LogP contribution < -0.4 is 15.4 Å². The van der Waals surface area contributed by atoms with Gasteiger partial charge in [-0.05, 0) is 54.3 Å². The number of hydrogen-bond acceptors (Lipinski definition) is 5. The van der Waals surface area contributed by atoms with E-state index in [2.05, 4.69) is 27.8 Å². The molecule has 0 fully saturated rings. The van der Waals surface area contributed by atoms with Gasteiger partial charge in [0.15, 0.2) is 5.69 Å². The standard InChI is InChI=1S/C22H24N4O2/c1-3-16-8-10-18(11-9-16)24-22(27)19-12-13-21(26-25-19)23-15-14-17-6-4-5-7-20(17)28-2/h4-13H,3,14-15H2,1-2H3,(H,23,26)(H,24,27). The third-order valence-corrected chi connectivity index (χ3v) is 4.41. The van der Waals surface area contributed by atoms with Gasteiger partial charge < -0.3 is 15.4 Å². The highest BCUT2D eigenvalue weighted by Crippen LogP contribution is 2.18. The number of para-hydroxylation sites is 1. The summed E-state index contributed by atoms with van der Waals surface area (Å²) in [6.45, 7) is 2.78. The summed E-state index contributed by atoms with van der Waals surface area (Å²) in [4.78, 5) is 12.3. The van der Waals surface area contributed by atoms with Crippen LogP contribution in [0.2, 0.25) is 0 Å². The number of carbonyl (C=O) groups excluding carboxylic acids is 1. The molecule has 3 rings (SSSR count). The molecule has 144 valence electrons. The second kappa shape index (κ2) is 9.50. The monoisotopic (exact) mass is 376 g/mol. The van der Waals surface area contributed by atoms with Gasteiger partial charge in [0.25, 0.3) is 5.91 Å². The molecule has 2 aromatic carbocycles. The van der Waals surface area contributed by atoms with Crippen LogP contribution in [-0.4, -0.2) is 29.8 Å². The second-order valence-corrected chi connectivity index (χ2v) is 6.30. The van der Waals surface area contributed by atoms with Crippen molar-refractivity contribution in [3.05, 3.63) is 77.5 Å². The van der Waals surface area contributed by atoms with Gasteiger partial charge >= 0.3 is 0 Å². The summed E-state index contributed by atoms with van der Waals surface area (Å²) in [5.41, 5.74) is 3.36. The fourth-order valence-corrected chi connectivity index (χ4v) is 2.80. The van der Waals surface area contributed by atoms with E-state index >= 15 is 0 Å². The summed E-state index contributed by atoms with van der Waals surface area (Å²) >= 11 is 0. The Morgan fingerprint density at radius 1 is 1.00 bits per heavy atom. The maximum atomic E-state index is 12.3. The van der Waals surface area contributed by atoms with Crippen molar-refractivity contribution in [1.82, 2.24) is 10.2 Å². The first-order chi connectivity index (χ1) is 13.7. The van der Waals surface area contributed by atoms with Crippen LogP contribution in [0.15, 0.2) is 60.7 Å². The number of ether oxygens (including phenoxy) is 1. The molecule has 28 heavy (non-hydrogen) atoms. The topological polar surface area (TPSA) is 76.1 Å². The third kappa shape index (κ3) is 5.07. The fraction of sp³-hybridized carbons (Fsp3) is 0.227. The van der Waals surface area contributed by atoms with Crippen molar-refractivity contribution in [3.63, 3.8) is 0 Å². The number of methoxy groups -OCH3 is 1. The summed E-state index contributed by atoms with van der Waals surface area (Å²) in [7, 11) is 1.67. The Morgan fingerprint density at radius 2 is 1.79 bits per heavy atom. The molecular formula is C22H24N4O2. The van der Waals surface area contributed by atoms with E-state index in [0.717, 1.165) is 29.8 Å². The lowest BCUT2D eigenvalue weighted by Crippen LogP contribution is -2.15. The lowest BCUT2D eigenvalue weighted by molar-refractivity contribution is 0.102. The molecule has 0 spiro atoms. The minimum atomic E-state index is -0.280. The molecule has 0 aliphatic rings. The minimum absolute atomic E-state index is 0.273. The predicted octanol–water partition coefficient (Wildman–Crippen LogP) is 3.95. The smallest absolute Gasteiger partial charge is 0.276 e. The van der Waals surface area contributed by atoms with Crippen LogP contribution in [0, 0.1) is 0 Å². The quantitative estimate of drug-likeness (QED) is 0.622. The third-order valence-electron chi connectivity index (χ3n) is 4.41. The molecule has 1 amide bonds. The fourth-order valence-electron chi connectivity index (χ4n) is 2.80. The van der Waals surface area contributed by atoms with Crippen LogP contribution >= 0.6 is 0 Å². The molecule has 0 aliphatic carbocycles. The lowest BCUT2D eigenvalue weighted by atomic mass is 10.1. The summed E-state index contributed by atoms with van der Waals surface area (Å²) < 4.78 is 5.35. The summed E-state index contributed by atoms with van der Waals surface area (Å²) in [5, 5.41) is 14.2. The summed E-state index contributed by atoms with van der Waals surface area (Å²) in [6.07, 6.45) is 1.76. The average molecular weight is 376 g/mol. The Balaban J connectivity index is 1.53. The number of aryl methyl sites for hydroxylation is 1. The van der Waals surface area contributed by atoms with E-state index in [1.54, 1.807) is 19.2 Å². The van der Waals surface area contributed by atoms with Crippen molar-refractivity contribution >= 4 is 17.4 Å². The highest BCUT2D eigenvalue weighted by Gasteiger charge is 2.09. The molecule has 6 heteroatoms. The molecule has 0 atom stereocenters. The zero-order valence-electron chi connectivity index (χ0n) is 16.1. The van der Waals surface area contributed by atoms with Gasteiger partial charge in [0.2, 0.25) is 0 Å². The van der Waals surface area contributed by atoms with E-state index in [9.17, 15) is 4.79 Å². The van der Waals surface area contributed by atoms with E-state index in [1.807, 2.05) is 48.5 Å². The molecule has 0 radical (unpaired) electrons. The summed E-state index contributed by atoms with van der Waals surface area (Å²) in [5.74, 6) is 1.21. The van der Waals surface area contributed by atoms with Gasteiger partial charge in [-0.25, -0.2) is 0 Å². The minimum Gasteiger partial charge on any atom is -0.496 e. The highest BCUT2D eigenvalue weighted by molar-refractivity contribution is 6.02. The molecule has 1 aromatic heterocycles. The Hall–Kier alpha value is -3.41. The number of amides is 1. The zero-order chi connectivity index (χ0) is 19.8. The van der Waals surface area contributed by atoms with Crippen molar-refractivity contribution in [2.45, 2.75) is 19.8 Å². The maximum absolute atomic E-state index is 12.3. The molecule has 0 saturated heterocycles. The summed E-state index contributed by atoms with van der Waals surface area (Å²) in [6, 6.07) is 19.1. The number of nitrogens with zero attached hydrogens (tertiary/aromatic N) is 2. The number of hydrogen-bond donors (Lipinski definition) is 2. The average Bonchev–Trinajstić information content (AvgIpc) is 2.75. The van der Waals surface area contributed by atoms with Gasteiger partial charge in [0, 0.05) is 12.2 Å². The number of nitrogens with one attached hydrogen (secondary N) is 2. The van der Waals surface area contributed by atoms with E-state index in [4.69, 9.17) is 4.74 Å². The highest BCUT2D eigenvalue weighted by atomic mass is 16.5. The second-order valence-electron chi connectivity index (χ2n) is 6.30. The number of benzene rings is 2. The van der Waals surface area contributed by atoms with Crippen LogP contribution in [0.4, 0.5) is 11.5 Å². The molecule has 2 N–H and O–H groups in total. The lowest BCUT2D eigenvalue weighted by Gasteiger charge is -2.09. The molecule has 3 aromatic rings. The Labute approximate surface area is 165 Å². The van der Waals surface area contributed by atoms with E-state index < -0.39 is 0 Å². The van der Waals surface area contributed by atoms with Crippen molar-refractivity contribution in [2.24, 2.45) is 0 Å². The van der Waals surface area contributed by atoms with E-state index in [1.165, 1.54) is 5.56 Å². The van der Waals surface area contributed by atoms with Gasteiger partial charge in [-0.2, -0.15) is 0 Å². The molecule has 0 bridgehead atoms. The first-order valence-electron chi connectivity index (χ1n) is 9.29. The number of rotatable bonds is 8. The normalized spacial score (nSPS) is 10.4. The van der Waals surface area contributed by atoms with Gasteiger partial charge in [0.05, 0.1) is 7.11 Å². The van der Waals surface area contributed by atoms with E-state index in [0.29, 0.717) is 12.4 Å². The molecule has 1 heterocycles. The largest absolute Gasteiger partial charge is 0.496 e. The van der Waals surface area contributed by atoms with Crippen molar-refractivity contribution in [1.29, 1.82) is 0 Å². The number of anilines is 2. The number of aromatic nitrogens is 2. The van der Waals surface area contributed by atoms with Crippen LogP contribution in [-0.2, 0) is 12.8 Å². The molecule has 0 aliphatic heterocycles. The predicted molar refractivity (Wildman–Crippen MR) is 111 cm³/mol. The Bertz CT molecular complexity index is 909. The van der Waals surface area contributed by atoms with Crippen molar-refractivity contribution < 1.29 is 9.53 Å². The van der Waals surface area contributed by atoms with Gasteiger partial charge in [0.1, 0.15) is 11.6 Å². The van der Waals surface area contributed by atoms with Crippen LogP contribution in [0.25, 0.3) is 0 Å². The van der Waals surface area contributed by atoms with Crippen LogP contribution in [0.5, 0.6) is 5.75 Å². The van der Waals surface area contributed by atoms with E-state index in [-0.39, 0.29) is 11.6 Å². The van der Waals surface area contributed by atoms with Crippen molar-refractivity contribution in [3.8, 4) is 5.75 Å². The number of carbonyl (C=O) groups is 1. The molecule has 0 unspecified atom stereocenters. The van der Waals surface area contributed by atoms with Crippen LogP contribution in [0.1, 0.15) is 28.5 Å². The van der Waals surface area contributed by atoms with Gasteiger partial charge in [-0.3, -0.25) is 4.79 Å². The maximum Gasteiger partial charge on any atom is 0.276 e.